The molecule has 0 amide bonds. The topological polar surface area (TPSA) is 47.3 Å². The third-order valence-corrected chi connectivity index (χ3v) is 3.54. The van der Waals surface area contributed by atoms with Gasteiger partial charge in [0.1, 0.15) is 5.75 Å². The number of aryl methyl sites for hydroxylation is 1. The van der Waals surface area contributed by atoms with Crippen LogP contribution in [0.5, 0.6) is 5.75 Å². The third kappa shape index (κ3) is 3.02. The van der Waals surface area contributed by atoms with E-state index in [1.54, 1.807) is 19.6 Å². The molecule has 1 N–H and O–H groups in total. The molecule has 0 aliphatic carbocycles. The second kappa shape index (κ2) is 6.57. The van der Waals surface area contributed by atoms with Gasteiger partial charge in [-0.15, -0.1) is 0 Å². The van der Waals surface area contributed by atoms with Crippen molar-refractivity contribution in [3.05, 3.63) is 47.2 Å². The lowest BCUT2D eigenvalue weighted by atomic mass is 10.0. The number of pyridine rings is 1. The van der Waals surface area contributed by atoms with Crippen LogP contribution in [0.25, 0.3) is 0 Å². The Bertz CT molecular complexity index is 550. The molecule has 4 nitrogen and oxygen atoms in total. The molecule has 4 heteroatoms. The van der Waals surface area contributed by atoms with Crippen LogP contribution in [0, 0.1) is 13.8 Å². The molecule has 0 fully saturated rings. The van der Waals surface area contributed by atoms with Gasteiger partial charge in [-0.05, 0) is 26.5 Å². The number of methoxy groups -OCH3 is 1. The van der Waals surface area contributed by atoms with E-state index < -0.39 is 0 Å². The third-order valence-electron chi connectivity index (χ3n) is 3.54. The molecule has 2 aromatic rings. The van der Waals surface area contributed by atoms with E-state index in [1.165, 1.54) is 0 Å². The molecule has 108 valence electrons. The Morgan fingerprint density at radius 2 is 2.20 bits per heavy atom. The number of hydrogen-bond acceptors (Lipinski definition) is 4. The van der Waals surface area contributed by atoms with Crippen LogP contribution < -0.4 is 10.1 Å². The summed E-state index contributed by atoms with van der Waals surface area (Å²) in [7, 11) is 1.71. The van der Waals surface area contributed by atoms with Gasteiger partial charge in [0.15, 0.2) is 0 Å². The van der Waals surface area contributed by atoms with E-state index in [9.17, 15) is 0 Å². The van der Waals surface area contributed by atoms with E-state index in [0.717, 1.165) is 41.1 Å². The summed E-state index contributed by atoms with van der Waals surface area (Å²) < 4.78 is 10.7. The van der Waals surface area contributed by atoms with Gasteiger partial charge in [0.2, 0.25) is 0 Å². The number of nitrogens with zero attached hydrogens (tertiary/aromatic N) is 1. The first-order valence-corrected chi connectivity index (χ1v) is 6.91. The Morgan fingerprint density at radius 1 is 1.40 bits per heavy atom. The molecule has 2 rings (SSSR count). The zero-order valence-electron chi connectivity index (χ0n) is 12.6. The number of hydrogen-bond donors (Lipinski definition) is 1. The van der Waals surface area contributed by atoms with Crippen LogP contribution in [-0.2, 0) is 6.42 Å². The molecule has 2 heterocycles. The van der Waals surface area contributed by atoms with Crippen molar-refractivity contribution in [1.82, 2.24) is 10.3 Å². The van der Waals surface area contributed by atoms with Gasteiger partial charge in [0.25, 0.3) is 0 Å². The maximum absolute atomic E-state index is 5.47. The first-order valence-electron chi connectivity index (χ1n) is 6.91. The fourth-order valence-corrected chi connectivity index (χ4v) is 2.50. The van der Waals surface area contributed by atoms with E-state index in [1.807, 2.05) is 19.2 Å². The Hall–Kier alpha value is -1.81. The minimum atomic E-state index is 0.206. The van der Waals surface area contributed by atoms with Crippen LogP contribution >= 0.6 is 0 Å². The van der Waals surface area contributed by atoms with Gasteiger partial charge < -0.3 is 14.5 Å². The molecular formula is C16H22N2O2. The fourth-order valence-electron chi connectivity index (χ4n) is 2.50. The van der Waals surface area contributed by atoms with Gasteiger partial charge in [-0.1, -0.05) is 6.92 Å². The van der Waals surface area contributed by atoms with Crippen molar-refractivity contribution in [3.63, 3.8) is 0 Å². The van der Waals surface area contributed by atoms with E-state index in [2.05, 4.69) is 24.1 Å². The standard InChI is InChI=1S/C16H22N2O2/c1-5-17-15(13-6-7-20-10-13)8-14-12(3)16(19-4)11(2)9-18-14/h6-7,9-10,15,17H,5,8H2,1-4H3. The molecule has 0 aliphatic rings. The molecule has 0 spiro atoms. The highest BCUT2D eigenvalue weighted by molar-refractivity contribution is 5.41. The largest absolute Gasteiger partial charge is 0.496 e. The van der Waals surface area contributed by atoms with E-state index in [0.29, 0.717) is 0 Å². The second-order valence-corrected chi connectivity index (χ2v) is 4.92. The monoisotopic (exact) mass is 274 g/mol. The van der Waals surface area contributed by atoms with Crippen molar-refractivity contribution in [3.8, 4) is 5.75 Å². The summed E-state index contributed by atoms with van der Waals surface area (Å²) in [5.74, 6) is 0.928. The average Bonchev–Trinajstić information content (AvgIpc) is 2.95. The molecule has 0 saturated carbocycles. The van der Waals surface area contributed by atoms with Gasteiger partial charge in [0, 0.05) is 41.0 Å². The van der Waals surface area contributed by atoms with Gasteiger partial charge in [0.05, 0.1) is 19.6 Å². The van der Waals surface area contributed by atoms with Gasteiger partial charge >= 0.3 is 0 Å². The molecule has 1 unspecified atom stereocenters. The minimum Gasteiger partial charge on any atom is -0.496 e. The van der Waals surface area contributed by atoms with E-state index in [-0.39, 0.29) is 6.04 Å². The number of furan rings is 1. The molecule has 1 atom stereocenters. The molecule has 2 aromatic heterocycles. The smallest absolute Gasteiger partial charge is 0.128 e. The van der Waals surface area contributed by atoms with E-state index in [4.69, 9.17) is 9.15 Å². The Labute approximate surface area is 120 Å². The van der Waals surface area contributed by atoms with Gasteiger partial charge in [-0.2, -0.15) is 0 Å². The Balaban J connectivity index is 2.27. The second-order valence-electron chi connectivity index (χ2n) is 4.92. The van der Waals surface area contributed by atoms with Crippen LogP contribution in [0.15, 0.2) is 29.2 Å². The summed E-state index contributed by atoms with van der Waals surface area (Å²) >= 11 is 0. The first kappa shape index (κ1) is 14.6. The van der Waals surface area contributed by atoms with Crippen molar-refractivity contribution in [2.45, 2.75) is 33.2 Å². The van der Waals surface area contributed by atoms with Crippen LogP contribution in [0.2, 0.25) is 0 Å². The van der Waals surface area contributed by atoms with Crippen molar-refractivity contribution in [2.75, 3.05) is 13.7 Å². The first-order chi connectivity index (χ1) is 9.67. The van der Waals surface area contributed by atoms with E-state index >= 15 is 0 Å². The molecule has 0 radical (unpaired) electrons. The lowest BCUT2D eigenvalue weighted by molar-refractivity contribution is 0.406. The summed E-state index contributed by atoms with van der Waals surface area (Å²) in [5, 5.41) is 3.47. The number of aromatic nitrogens is 1. The summed E-state index contributed by atoms with van der Waals surface area (Å²) in [6.45, 7) is 7.08. The summed E-state index contributed by atoms with van der Waals surface area (Å²) in [5.41, 5.74) is 4.38. The SMILES string of the molecule is CCNC(Cc1ncc(C)c(OC)c1C)c1ccoc1. The maximum Gasteiger partial charge on any atom is 0.128 e. The zero-order chi connectivity index (χ0) is 14.5. The molecule has 20 heavy (non-hydrogen) atoms. The number of rotatable bonds is 6. The van der Waals surface area contributed by atoms with Crippen molar-refractivity contribution in [2.24, 2.45) is 0 Å². The molecule has 0 bridgehead atoms. The van der Waals surface area contributed by atoms with Crippen molar-refractivity contribution in [1.29, 1.82) is 0 Å². The van der Waals surface area contributed by atoms with Crippen LogP contribution in [0.4, 0.5) is 0 Å². The highest BCUT2D eigenvalue weighted by Crippen LogP contribution is 2.27. The lowest BCUT2D eigenvalue weighted by Gasteiger charge is -2.18. The molecule has 0 saturated heterocycles. The fraction of sp³-hybridized carbons (Fsp3) is 0.438. The van der Waals surface area contributed by atoms with Crippen molar-refractivity contribution >= 4 is 0 Å². The van der Waals surface area contributed by atoms with Crippen LogP contribution in [0.3, 0.4) is 0 Å². The zero-order valence-corrected chi connectivity index (χ0v) is 12.6. The summed E-state index contributed by atoms with van der Waals surface area (Å²) in [6.07, 6.45) is 6.18. The predicted molar refractivity (Wildman–Crippen MR) is 79.1 cm³/mol. The van der Waals surface area contributed by atoms with Crippen LogP contribution in [0.1, 0.15) is 35.3 Å². The average molecular weight is 274 g/mol. The summed E-state index contributed by atoms with van der Waals surface area (Å²) in [6, 6.07) is 2.20. The molecule has 0 aromatic carbocycles. The predicted octanol–water partition coefficient (Wildman–Crippen LogP) is 3.19. The number of likely N-dealkylation sites (N-methyl/N-ethyl adjacent to an activating group) is 1. The van der Waals surface area contributed by atoms with Gasteiger partial charge in [-0.3, -0.25) is 4.98 Å². The number of nitrogens with one attached hydrogen (secondary N) is 1. The quantitative estimate of drug-likeness (QED) is 0.878. The highest BCUT2D eigenvalue weighted by atomic mass is 16.5. The summed E-state index contributed by atoms with van der Waals surface area (Å²) in [4.78, 5) is 4.57. The van der Waals surface area contributed by atoms with Gasteiger partial charge in [-0.25, -0.2) is 0 Å². The molecule has 0 aliphatic heterocycles. The minimum absolute atomic E-state index is 0.206. The molecular weight excluding hydrogens is 252 g/mol. The normalized spacial score (nSPS) is 12.4. The lowest BCUT2D eigenvalue weighted by Crippen LogP contribution is -2.23. The van der Waals surface area contributed by atoms with Crippen molar-refractivity contribution < 1.29 is 9.15 Å². The maximum atomic E-state index is 5.47. The highest BCUT2D eigenvalue weighted by Gasteiger charge is 2.17. The Morgan fingerprint density at radius 3 is 2.80 bits per heavy atom. The number of ether oxygens (including phenoxy) is 1. The Kier molecular flexibility index (Phi) is 4.79. The van der Waals surface area contributed by atoms with Crippen LogP contribution in [-0.4, -0.2) is 18.6 Å².